The van der Waals surface area contributed by atoms with E-state index in [1.807, 2.05) is 6.92 Å². The molecule has 0 aromatic rings. The lowest BCUT2D eigenvalue weighted by atomic mass is 10.1. The molecule has 0 aromatic carbocycles. The lowest BCUT2D eigenvalue weighted by Crippen LogP contribution is -2.47. The zero-order valence-corrected chi connectivity index (χ0v) is 13.3. The third-order valence-electron chi connectivity index (χ3n) is 4.23. The molecule has 0 radical (unpaired) electrons. The fraction of sp³-hybridized carbons (Fsp3) is 1.00. The van der Waals surface area contributed by atoms with Crippen LogP contribution in [0.1, 0.15) is 32.6 Å². The Bertz CT molecular complexity index is 374. The smallest absolute Gasteiger partial charge is 0.214 e. The Balaban J connectivity index is 1.85. The second-order valence-corrected chi connectivity index (χ2v) is 8.23. The van der Waals surface area contributed by atoms with Gasteiger partial charge in [-0.1, -0.05) is 6.92 Å². The van der Waals surface area contributed by atoms with Crippen LogP contribution < -0.4 is 0 Å². The lowest BCUT2D eigenvalue weighted by Gasteiger charge is -2.36. The fourth-order valence-corrected chi connectivity index (χ4v) is 5.16. The molecule has 2 saturated heterocycles. The summed E-state index contributed by atoms with van der Waals surface area (Å²) in [6.45, 7) is 5.64. The van der Waals surface area contributed by atoms with Gasteiger partial charge in [0.25, 0.3) is 0 Å². The van der Waals surface area contributed by atoms with Gasteiger partial charge >= 0.3 is 0 Å². The summed E-state index contributed by atoms with van der Waals surface area (Å²) in [6.07, 6.45) is 4.56. The van der Waals surface area contributed by atoms with Crippen molar-refractivity contribution in [2.24, 2.45) is 5.92 Å². The highest BCUT2D eigenvalue weighted by Gasteiger charge is 2.31. The topological polar surface area (TPSA) is 40.6 Å². The van der Waals surface area contributed by atoms with Crippen molar-refractivity contribution in [3.63, 3.8) is 0 Å². The van der Waals surface area contributed by atoms with E-state index in [-0.39, 0.29) is 11.7 Å². The van der Waals surface area contributed by atoms with Crippen LogP contribution in [-0.4, -0.2) is 61.5 Å². The number of nitrogens with zero attached hydrogens (tertiary/aromatic N) is 2. The van der Waals surface area contributed by atoms with Crippen molar-refractivity contribution in [1.29, 1.82) is 0 Å². The van der Waals surface area contributed by atoms with Crippen molar-refractivity contribution in [1.82, 2.24) is 9.21 Å². The van der Waals surface area contributed by atoms with E-state index in [4.69, 9.17) is 11.6 Å². The van der Waals surface area contributed by atoms with Crippen LogP contribution in [0.5, 0.6) is 0 Å². The van der Waals surface area contributed by atoms with E-state index in [0.29, 0.717) is 25.0 Å². The molecular weight excluding hydrogens is 284 g/mol. The fourth-order valence-electron chi connectivity index (χ4n) is 3.10. The number of likely N-dealkylation sites (tertiary alicyclic amines) is 1. The zero-order valence-electron chi connectivity index (χ0n) is 11.7. The van der Waals surface area contributed by atoms with Crippen LogP contribution in [-0.2, 0) is 10.0 Å². The van der Waals surface area contributed by atoms with E-state index < -0.39 is 10.0 Å². The van der Waals surface area contributed by atoms with Gasteiger partial charge in [-0.2, -0.15) is 0 Å². The van der Waals surface area contributed by atoms with Crippen LogP contribution in [0.4, 0.5) is 0 Å². The normalized spacial score (nSPS) is 25.8. The highest BCUT2D eigenvalue weighted by Crippen LogP contribution is 2.23. The zero-order chi connectivity index (χ0) is 13.9. The maximum Gasteiger partial charge on any atom is 0.214 e. The summed E-state index contributed by atoms with van der Waals surface area (Å²) in [7, 11) is -3.11. The first-order valence-electron chi connectivity index (χ1n) is 7.31. The van der Waals surface area contributed by atoms with Gasteiger partial charge < -0.3 is 4.90 Å². The number of halogens is 1. The van der Waals surface area contributed by atoms with Crippen molar-refractivity contribution in [2.75, 3.05) is 37.8 Å². The van der Waals surface area contributed by atoms with Gasteiger partial charge in [0.15, 0.2) is 0 Å². The van der Waals surface area contributed by atoms with E-state index in [1.54, 1.807) is 4.31 Å². The summed E-state index contributed by atoms with van der Waals surface area (Å²) in [5.74, 6) is 0.622. The summed E-state index contributed by atoms with van der Waals surface area (Å²) >= 11 is 5.72. The molecule has 2 aliphatic rings. The molecule has 4 nitrogen and oxygen atoms in total. The van der Waals surface area contributed by atoms with Crippen LogP contribution in [0, 0.1) is 5.92 Å². The molecule has 2 fully saturated rings. The Morgan fingerprint density at radius 1 is 1.16 bits per heavy atom. The predicted molar refractivity (Wildman–Crippen MR) is 79.1 cm³/mol. The number of sulfonamides is 1. The van der Waals surface area contributed by atoms with Gasteiger partial charge in [0.2, 0.25) is 10.0 Å². The molecule has 0 spiro atoms. The van der Waals surface area contributed by atoms with Crippen molar-refractivity contribution in [3.8, 4) is 0 Å². The van der Waals surface area contributed by atoms with Gasteiger partial charge in [-0.15, -0.1) is 11.6 Å². The molecule has 1 atom stereocenters. The van der Waals surface area contributed by atoms with Gasteiger partial charge in [0.05, 0.1) is 5.75 Å². The third kappa shape index (κ3) is 4.06. The quantitative estimate of drug-likeness (QED) is 0.727. The Morgan fingerprint density at radius 3 is 2.26 bits per heavy atom. The van der Waals surface area contributed by atoms with Gasteiger partial charge in [-0.25, -0.2) is 12.7 Å². The Morgan fingerprint density at radius 2 is 1.74 bits per heavy atom. The maximum absolute atomic E-state index is 12.2. The molecule has 0 aromatic heterocycles. The van der Waals surface area contributed by atoms with E-state index in [2.05, 4.69) is 4.90 Å². The van der Waals surface area contributed by atoms with Crippen molar-refractivity contribution < 1.29 is 8.42 Å². The SMILES string of the molecule is CC(CCl)CS(=O)(=O)N1CCC(N2CCCC2)CC1. The summed E-state index contributed by atoms with van der Waals surface area (Å²) in [6, 6.07) is 0.597. The van der Waals surface area contributed by atoms with Crippen molar-refractivity contribution in [3.05, 3.63) is 0 Å². The minimum Gasteiger partial charge on any atom is -0.300 e. The molecule has 2 aliphatic heterocycles. The molecular formula is C13H25ClN2O2S. The lowest BCUT2D eigenvalue weighted by molar-refractivity contribution is 0.167. The summed E-state index contributed by atoms with van der Waals surface area (Å²) in [5.41, 5.74) is 0. The molecule has 0 amide bonds. The average molecular weight is 309 g/mol. The van der Waals surface area contributed by atoms with Crippen LogP contribution >= 0.6 is 11.6 Å². The molecule has 0 N–H and O–H groups in total. The number of piperidine rings is 1. The summed E-state index contributed by atoms with van der Waals surface area (Å²) < 4.78 is 26.1. The van der Waals surface area contributed by atoms with Crippen molar-refractivity contribution in [2.45, 2.75) is 38.6 Å². The van der Waals surface area contributed by atoms with Crippen LogP contribution in [0.25, 0.3) is 0 Å². The van der Waals surface area contributed by atoms with Crippen molar-refractivity contribution >= 4 is 21.6 Å². The number of rotatable bonds is 5. The first-order valence-corrected chi connectivity index (χ1v) is 9.45. The molecule has 6 heteroatoms. The highest BCUT2D eigenvalue weighted by molar-refractivity contribution is 7.89. The molecule has 0 aliphatic carbocycles. The van der Waals surface area contributed by atoms with Crippen LogP contribution in [0.3, 0.4) is 0 Å². The largest absolute Gasteiger partial charge is 0.300 e. The monoisotopic (exact) mass is 308 g/mol. The first-order chi connectivity index (χ1) is 9.03. The first kappa shape index (κ1) is 15.5. The van der Waals surface area contributed by atoms with Crippen LogP contribution in [0.15, 0.2) is 0 Å². The third-order valence-corrected chi connectivity index (χ3v) is 6.90. The summed E-state index contributed by atoms with van der Waals surface area (Å²) in [4.78, 5) is 2.53. The average Bonchev–Trinajstić information content (AvgIpc) is 2.92. The Labute approximate surface area is 122 Å². The van der Waals surface area contributed by atoms with Gasteiger partial charge in [-0.05, 0) is 44.7 Å². The highest BCUT2D eigenvalue weighted by atomic mass is 35.5. The minimum absolute atomic E-state index is 0.0305. The predicted octanol–water partition coefficient (Wildman–Crippen LogP) is 1.75. The Hall–Kier alpha value is 0.160. The van der Waals surface area contributed by atoms with E-state index in [1.165, 1.54) is 25.9 Å². The second-order valence-electron chi connectivity index (χ2n) is 5.91. The minimum atomic E-state index is -3.11. The Kier molecular flexibility index (Phi) is 5.52. The molecule has 0 saturated carbocycles. The van der Waals surface area contributed by atoms with E-state index in [0.717, 1.165) is 12.8 Å². The molecule has 0 bridgehead atoms. The maximum atomic E-state index is 12.2. The number of hydrogen-bond acceptors (Lipinski definition) is 3. The number of hydrogen-bond donors (Lipinski definition) is 0. The van der Waals surface area contributed by atoms with Gasteiger partial charge in [0, 0.05) is 25.0 Å². The van der Waals surface area contributed by atoms with Crippen LogP contribution in [0.2, 0.25) is 0 Å². The molecule has 1 unspecified atom stereocenters. The molecule has 2 heterocycles. The summed E-state index contributed by atoms with van der Waals surface area (Å²) in [5, 5.41) is 0. The number of alkyl halides is 1. The van der Waals surface area contributed by atoms with E-state index >= 15 is 0 Å². The standard InChI is InChI=1S/C13H25ClN2O2S/c1-12(10-14)11-19(17,18)16-8-4-13(5-9-16)15-6-2-3-7-15/h12-13H,2-11H2,1H3. The van der Waals surface area contributed by atoms with Gasteiger partial charge in [0.1, 0.15) is 0 Å². The van der Waals surface area contributed by atoms with E-state index in [9.17, 15) is 8.42 Å². The van der Waals surface area contributed by atoms with Gasteiger partial charge in [-0.3, -0.25) is 0 Å². The molecule has 112 valence electrons. The molecule has 2 rings (SSSR count). The second kappa shape index (κ2) is 6.74. The molecule has 19 heavy (non-hydrogen) atoms.